The zero-order valence-corrected chi connectivity index (χ0v) is 9.90. The van der Waals surface area contributed by atoms with E-state index in [0.29, 0.717) is 12.5 Å². The van der Waals surface area contributed by atoms with E-state index in [-0.39, 0.29) is 6.04 Å². The van der Waals surface area contributed by atoms with Gasteiger partial charge in [0, 0.05) is 23.3 Å². The van der Waals surface area contributed by atoms with Crippen LogP contribution in [0.3, 0.4) is 0 Å². The van der Waals surface area contributed by atoms with Crippen molar-refractivity contribution in [3.05, 3.63) is 22.8 Å². The van der Waals surface area contributed by atoms with Crippen LogP contribution in [0.1, 0.15) is 6.92 Å². The van der Waals surface area contributed by atoms with Gasteiger partial charge in [0.2, 0.25) is 5.95 Å². The fraction of sp³-hybridized carbons (Fsp3) is 0.333. The predicted molar refractivity (Wildman–Crippen MR) is 62.8 cm³/mol. The summed E-state index contributed by atoms with van der Waals surface area (Å²) in [6, 6.07) is 4.00. The standard InChI is InChI=1S/C9H12BrN5/c1-6(4-11)12-9-13-8-3-2-7(10)5-15(8)14-9/h2-3,5-6H,4,11H2,1H3,(H,12,14). The number of halogens is 1. The molecular weight excluding hydrogens is 258 g/mol. The van der Waals surface area contributed by atoms with Gasteiger partial charge in [-0.15, -0.1) is 5.10 Å². The summed E-state index contributed by atoms with van der Waals surface area (Å²) >= 11 is 3.38. The van der Waals surface area contributed by atoms with Crippen molar-refractivity contribution in [3.63, 3.8) is 0 Å². The molecule has 5 nitrogen and oxygen atoms in total. The second-order valence-electron chi connectivity index (χ2n) is 3.37. The lowest BCUT2D eigenvalue weighted by atomic mass is 10.3. The third-order valence-corrected chi connectivity index (χ3v) is 2.49. The minimum Gasteiger partial charge on any atom is -0.349 e. The summed E-state index contributed by atoms with van der Waals surface area (Å²) in [4.78, 5) is 4.31. The van der Waals surface area contributed by atoms with E-state index in [0.717, 1.165) is 10.1 Å². The van der Waals surface area contributed by atoms with Crippen molar-refractivity contribution in [1.82, 2.24) is 14.6 Å². The Hall–Kier alpha value is -1.14. The summed E-state index contributed by atoms with van der Waals surface area (Å²) in [6.07, 6.45) is 1.86. The Bertz CT molecular complexity index is 466. The van der Waals surface area contributed by atoms with Crippen molar-refractivity contribution in [3.8, 4) is 0 Å². The summed E-state index contributed by atoms with van der Waals surface area (Å²) < 4.78 is 2.69. The lowest BCUT2D eigenvalue weighted by molar-refractivity contribution is 0.788. The molecule has 0 aliphatic rings. The van der Waals surface area contributed by atoms with Gasteiger partial charge in [-0.05, 0) is 35.0 Å². The maximum absolute atomic E-state index is 5.51. The van der Waals surface area contributed by atoms with Crippen molar-refractivity contribution in [2.24, 2.45) is 5.73 Å². The lowest BCUT2D eigenvalue weighted by Crippen LogP contribution is -2.25. The third kappa shape index (κ3) is 2.27. The van der Waals surface area contributed by atoms with Crippen molar-refractivity contribution in [1.29, 1.82) is 0 Å². The molecule has 80 valence electrons. The maximum atomic E-state index is 5.51. The lowest BCUT2D eigenvalue weighted by Gasteiger charge is -2.07. The number of nitrogens with one attached hydrogen (secondary N) is 1. The SMILES string of the molecule is CC(CN)Nc1nc2ccc(Br)cn2n1. The van der Waals surface area contributed by atoms with Gasteiger partial charge in [0.1, 0.15) is 0 Å². The van der Waals surface area contributed by atoms with Crippen molar-refractivity contribution >= 4 is 27.5 Å². The summed E-state index contributed by atoms with van der Waals surface area (Å²) in [6.45, 7) is 2.54. The molecule has 0 aliphatic heterocycles. The van der Waals surface area contributed by atoms with Crippen LogP contribution in [0.2, 0.25) is 0 Å². The summed E-state index contributed by atoms with van der Waals surface area (Å²) in [7, 11) is 0. The van der Waals surface area contributed by atoms with Crippen LogP contribution in [-0.2, 0) is 0 Å². The number of nitrogens with two attached hydrogens (primary N) is 1. The molecule has 0 amide bonds. The molecule has 2 aromatic rings. The molecule has 2 aromatic heterocycles. The molecule has 0 spiro atoms. The summed E-state index contributed by atoms with van der Waals surface area (Å²) in [5.41, 5.74) is 6.32. The number of hydrogen-bond donors (Lipinski definition) is 2. The molecule has 3 N–H and O–H groups in total. The fourth-order valence-electron chi connectivity index (χ4n) is 1.20. The highest BCUT2D eigenvalue weighted by Gasteiger charge is 2.05. The van der Waals surface area contributed by atoms with Crippen LogP contribution < -0.4 is 11.1 Å². The molecular formula is C9H12BrN5. The first-order valence-corrected chi connectivity index (χ1v) is 5.47. The quantitative estimate of drug-likeness (QED) is 0.880. The molecule has 15 heavy (non-hydrogen) atoms. The number of pyridine rings is 1. The van der Waals surface area contributed by atoms with Crippen LogP contribution in [0.4, 0.5) is 5.95 Å². The Morgan fingerprint density at radius 2 is 2.40 bits per heavy atom. The van der Waals surface area contributed by atoms with E-state index in [2.05, 4.69) is 31.3 Å². The van der Waals surface area contributed by atoms with Crippen LogP contribution in [-0.4, -0.2) is 27.2 Å². The average Bonchev–Trinajstić information content (AvgIpc) is 2.59. The molecule has 6 heteroatoms. The van der Waals surface area contributed by atoms with Gasteiger partial charge in [-0.1, -0.05) is 0 Å². The van der Waals surface area contributed by atoms with Crippen LogP contribution in [0.15, 0.2) is 22.8 Å². The molecule has 1 atom stereocenters. The Morgan fingerprint density at radius 3 is 3.13 bits per heavy atom. The zero-order valence-electron chi connectivity index (χ0n) is 8.31. The second-order valence-corrected chi connectivity index (χ2v) is 4.28. The van der Waals surface area contributed by atoms with Gasteiger partial charge in [-0.25, -0.2) is 4.52 Å². The molecule has 2 heterocycles. The number of anilines is 1. The molecule has 0 radical (unpaired) electrons. The molecule has 2 rings (SSSR count). The van der Waals surface area contributed by atoms with E-state index >= 15 is 0 Å². The van der Waals surface area contributed by atoms with Crippen LogP contribution in [0.5, 0.6) is 0 Å². The van der Waals surface area contributed by atoms with E-state index < -0.39 is 0 Å². The highest BCUT2D eigenvalue weighted by atomic mass is 79.9. The molecule has 0 bridgehead atoms. The molecule has 1 unspecified atom stereocenters. The van der Waals surface area contributed by atoms with Gasteiger partial charge in [-0.2, -0.15) is 4.98 Å². The highest BCUT2D eigenvalue weighted by molar-refractivity contribution is 9.10. The average molecular weight is 270 g/mol. The number of aromatic nitrogens is 3. The molecule has 0 saturated carbocycles. The number of fused-ring (bicyclic) bond motifs is 1. The second kappa shape index (κ2) is 4.16. The minimum atomic E-state index is 0.172. The van der Waals surface area contributed by atoms with E-state index in [9.17, 15) is 0 Å². The Labute approximate surface area is 95.8 Å². The molecule has 0 fully saturated rings. The Balaban J connectivity index is 2.30. The van der Waals surface area contributed by atoms with E-state index in [1.807, 2.05) is 25.3 Å². The number of hydrogen-bond acceptors (Lipinski definition) is 4. The van der Waals surface area contributed by atoms with Crippen LogP contribution >= 0.6 is 15.9 Å². The largest absolute Gasteiger partial charge is 0.349 e. The van der Waals surface area contributed by atoms with Gasteiger partial charge in [-0.3, -0.25) is 0 Å². The van der Waals surface area contributed by atoms with Gasteiger partial charge in [0.05, 0.1) is 0 Å². The Morgan fingerprint density at radius 1 is 1.60 bits per heavy atom. The first-order chi connectivity index (χ1) is 7.19. The fourth-order valence-corrected chi connectivity index (χ4v) is 1.52. The summed E-state index contributed by atoms with van der Waals surface area (Å²) in [5, 5.41) is 7.39. The highest BCUT2D eigenvalue weighted by Crippen LogP contribution is 2.12. The number of nitrogens with zero attached hydrogens (tertiary/aromatic N) is 3. The van der Waals surface area contributed by atoms with Crippen molar-refractivity contribution in [2.45, 2.75) is 13.0 Å². The first kappa shape index (κ1) is 10.4. The van der Waals surface area contributed by atoms with Crippen molar-refractivity contribution < 1.29 is 0 Å². The Kier molecular flexibility index (Phi) is 2.88. The minimum absolute atomic E-state index is 0.172. The monoisotopic (exact) mass is 269 g/mol. The van der Waals surface area contributed by atoms with Crippen LogP contribution in [0, 0.1) is 0 Å². The zero-order chi connectivity index (χ0) is 10.8. The normalized spacial score (nSPS) is 13.0. The van der Waals surface area contributed by atoms with Gasteiger partial charge in [0.25, 0.3) is 0 Å². The van der Waals surface area contributed by atoms with Crippen molar-refractivity contribution in [2.75, 3.05) is 11.9 Å². The van der Waals surface area contributed by atoms with E-state index in [1.165, 1.54) is 0 Å². The molecule has 0 aliphatic carbocycles. The van der Waals surface area contributed by atoms with E-state index in [1.54, 1.807) is 4.52 Å². The molecule has 0 saturated heterocycles. The maximum Gasteiger partial charge on any atom is 0.243 e. The predicted octanol–water partition coefficient (Wildman–Crippen LogP) is 1.25. The van der Waals surface area contributed by atoms with Gasteiger partial charge >= 0.3 is 0 Å². The smallest absolute Gasteiger partial charge is 0.243 e. The number of rotatable bonds is 3. The first-order valence-electron chi connectivity index (χ1n) is 4.67. The van der Waals surface area contributed by atoms with Gasteiger partial charge in [0.15, 0.2) is 5.65 Å². The van der Waals surface area contributed by atoms with E-state index in [4.69, 9.17) is 5.73 Å². The summed E-state index contributed by atoms with van der Waals surface area (Å²) in [5.74, 6) is 0.603. The molecule has 0 aromatic carbocycles. The van der Waals surface area contributed by atoms with Crippen LogP contribution in [0.25, 0.3) is 5.65 Å². The topological polar surface area (TPSA) is 68.2 Å². The third-order valence-electron chi connectivity index (χ3n) is 2.02. The van der Waals surface area contributed by atoms with Gasteiger partial charge < -0.3 is 11.1 Å².